The Labute approximate surface area is 308 Å². The van der Waals surface area contributed by atoms with Crippen molar-refractivity contribution in [2.24, 2.45) is 11.8 Å². The number of esters is 1. The second-order valence-corrected chi connectivity index (χ2v) is 13.5. The van der Waals surface area contributed by atoms with Gasteiger partial charge in [-0.25, -0.2) is 0 Å². The first-order chi connectivity index (χ1) is 25.3. The highest BCUT2D eigenvalue weighted by Crippen LogP contribution is 2.32. The molecular weight excluding hydrogens is 662 g/mol. The van der Waals surface area contributed by atoms with E-state index in [1.165, 1.54) is 7.11 Å². The number of benzene rings is 2. The summed E-state index contributed by atoms with van der Waals surface area (Å²) >= 11 is 0. The number of ether oxygens (including phenoxy) is 3. The smallest absolute Gasteiger partial charge is 0.310 e. The van der Waals surface area contributed by atoms with E-state index in [4.69, 9.17) is 14.2 Å². The van der Waals surface area contributed by atoms with Gasteiger partial charge in [-0.15, -0.1) is 13.2 Å². The van der Waals surface area contributed by atoms with Crippen molar-refractivity contribution in [3.05, 3.63) is 91.0 Å². The van der Waals surface area contributed by atoms with E-state index in [1.54, 1.807) is 34.1 Å². The molecule has 0 spiro atoms. The summed E-state index contributed by atoms with van der Waals surface area (Å²) in [6.07, 6.45) is 6.60. The fraction of sp³-hybridized carbons (Fsp3) is 0.512. The molecule has 2 fully saturated rings. The maximum absolute atomic E-state index is 14.9. The number of nitrogens with zero attached hydrogens (tertiary/aromatic N) is 3. The Bertz CT molecular complexity index is 1450. The Kier molecular flexibility index (Phi) is 16.4. The molecule has 282 valence electrons. The fourth-order valence-corrected chi connectivity index (χ4v) is 6.94. The van der Waals surface area contributed by atoms with Crippen LogP contribution in [0.3, 0.4) is 0 Å². The molecule has 4 atom stereocenters. The number of likely N-dealkylation sites (tertiary alicyclic amines) is 2. The van der Waals surface area contributed by atoms with Crippen LogP contribution in [-0.2, 0) is 35.2 Å². The van der Waals surface area contributed by atoms with Crippen molar-refractivity contribution < 1.29 is 38.5 Å². The van der Waals surface area contributed by atoms with Crippen molar-refractivity contribution >= 4 is 23.7 Å². The molecule has 2 aliphatic rings. The van der Waals surface area contributed by atoms with Gasteiger partial charge in [0.05, 0.1) is 31.1 Å². The summed E-state index contributed by atoms with van der Waals surface area (Å²) < 4.78 is 17.7. The van der Waals surface area contributed by atoms with Crippen molar-refractivity contribution in [2.75, 3.05) is 53.1 Å². The van der Waals surface area contributed by atoms with E-state index in [2.05, 4.69) is 13.2 Å². The number of hydrogen-bond acceptors (Lipinski definition) is 8. The SMILES string of the molecule is C=CC[C@H](CC(=O)N1CCCC1)C(=O)O[C@@H](c1ccccc1)[C@H](COC)N(Cc1ccc(OCCO)cc1)C(=O)[C@H](CC=C)CC(=O)N1CCCC1. The Hall–Kier alpha value is -4.48. The van der Waals surface area contributed by atoms with Gasteiger partial charge in [-0.3, -0.25) is 19.2 Å². The van der Waals surface area contributed by atoms with Crippen molar-refractivity contribution in [1.82, 2.24) is 14.7 Å². The van der Waals surface area contributed by atoms with Crippen LogP contribution in [0.1, 0.15) is 68.6 Å². The summed E-state index contributed by atoms with van der Waals surface area (Å²) in [5, 5.41) is 9.19. The van der Waals surface area contributed by atoms with Crippen LogP contribution in [0.15, 0.2) is 79.9 Å². The Morgan fingerprint density at radius 1 is 0.827 bits per heavy atom. The van der Waals surface area contributed by atoms with E-state index in [0.29, 0.717) is 37.5 Å². The molecule has 0 unspecified atom stereocenters. The van der Waals surface area contributed by atoms with E-state index in [1.807, 2.05) is 47.4 Å². The van der Waals surface area contributed by atoms with Crippen LogP contribution in [0.2, 0.25) is 0 Å². The highest BCUT2D eigenvalue weighted by atomic mass is 16.5. The lowest BCUT2D eigenvalue weighted by Gasteiger charge is -2.39. The van der Waals surface area contributed by atoms with Crippen LogP contribution in [-0.4, -0.2) is 103 Å². The molecule has 4 rings (SSSR count). The molecule has 0 saturated carbocycles. The van der Waals surface area contributed by atoms with Gasteiger partial charge >= 0.3 is 5.97 Å². The third-order valence-corrected chi connectivity index (χ3v) is 9.72. The lowest BCUT2D eigenvalue weighted by atomic mass is 9.94. The monoisotopic (exact) mass is 717 g/mol. The molecule has 3 amide bonds. The minimum absolute atomic E-state index is 0.00528. The number of carbonyl (C=O) groups excluding carboxylic acids is 4. The molecule has 2 aromatic carbocycles. The van der Waals surface area contributed by atoms with Crippen LogP contribution >= 0.6 is 0 Å². The van der Waals surface area contributed by atoms with Gasteiger partial charge in [0.25, 0.3) is 0 Å². The molecule has 0 radical (unpaired) electrons. The zero-order valence-corrected chi connectivity index (χ0v) is 30.5. The summed E-state index contributed by atoms with van der Waals surface area (Å²) in [7, 11) is 1.53. The van der Waals surface area contributed by atoms with E-state index >= 15 is 0 Å². The average molecular weight is 718 g/mol. The molecule has 1 N–H and O–H groups in total. The molecular formula is C41H55N3O8. The van der Waals surface area contributed by atoms with Crippen molar-refractivity contribution in [3.8, 4) is 5.75 Å². The van der Waals surface area contributed by atoms with Gasteiger partial charge in [-0.1, -0.05) is 54.6 Å². The van der Waals surface area contributed by atoms with Crippen LogP contribution in [0, 0.1) is 11.8 Å². The second kappa shape index (κ2) is 21.1. The third-order valence-electron chi connectivity index (χ3n) is 9.72. The molecule has 11 nitrogen and oxygen atoms in total. The molecule has 52 heavy (non-hydrogen) atoms. The Morgan fingerprint density at radius 2 is 1.38 bits per heavy atom. The van der Waals surface area contributed by atoms with E-state index < -0.39 is 30.0 Å². The molecule has 0 aromatic heterocycles. The van der Waals surface area contributed by atoms with E-state index in [0.717, 1.165) is 31.2 Å². The van der Waals surface area contributed by atoms with Crippen molar-refractivity contribution in [3.63, 3.8) is 0 Å². The number of hydrogen-bond donors (Lipinski definition) is 1. The van der Waals surface area contributed by atoms with Crippen LogP contribution in [0.25, 0.3) is 0 Å². The minimum atomic E-state index is -0.974. The van der Waals surface area contributed by atoms with Crippen molar-refractivity contribution in [1.29, 1.82) is 0 Å². The van der Waals surface area contributed by atoms with Gasteiger partial charge in [-0.2, -0.15) is 0 Å². The first kappa shape index (κ1) is 40.3. The predicted molar refractivity (Wildman–Crippen MR) is 198 cm³/mol. The zero-order chi connectivity index (χ0) is 37.3. The topological polar surface area (TPSA) is 126 Å². The number of amides is 3. The number of carbonyl (C=O) groups is 4. The maximum Gasteiger partial charge on any atom is 0.310 e. The summed E-state index contributed by atoms with van der Waals surface area (Å²) in [4.78, 5) is 60.8. The third kappa shape index (κ3) is 11.5. The number of rotatable bonds is 21. The predicted octanol–water partition coefficient (Wildman–Crippen LogP) is 5.10. The summed E-state index contributed by atoms with van der Waals surface area (Å²) in [6.45, 7) is 10.6. The van der Waals surface area contributed by atoms with Crippen molar-refractivity contribution in [2.45, 2.75) is 70.1 Å². The zero-order valence-electron chi connectivity index (χ0n) is 30.5. The first-order valence-electron chi connectivity index (χ1n) is 18.4. The van der Waals surface area contributed by atoms with E-state index in [-0.39, 0.29) is 69.8 Å². The highest BCUT2D eigenvalue weighted by Gasteiger charge is 2.39. The molecule has 0 aliphatic carbocycles. The number of methoxy groups -OCH3 is 1. The molecule has 0 bridgehead atoms. The lowest BCUT2D eigenvalue weighted by Crippen LogP contribution is -2.50. The summed E-state index contributed by atoms with van der Waals surface area (Å²) in [5.74, 6) is -1.93. The summed E-state index contributed by atoms with van der Waals surface area (Å²) in [5.41, 5.74) is 1.42. The Morgan fingerprint density at radius 3 is 1.92 bits per heavy atom. The Balaban J connectivity index is 1.72. The number of allylic oxidation sites excluding steroid dienone is 2. The van der Waals surface area contributed by atoms with Gasteiger partial charge in [-0.05, 0) is 61.8 Å². The van der Waals surface area contributed by atoms with E-state index in [9.17, 15) is 24.3 Å². The minimum Gasteiger partial charge on any atom is -0.491 e. The average Bonchev–Trinajstić information content (AvgIpc) is 3.91. The molecule has 2 heterocycles. The largest absolute Gasteiger partial charge is 0.491 e. The van der Waals surface area contributed by atoms with Gasteiger partial charge < -0.3 is 34.0 Å². The quantitative estimate of drug-likeness (QED) is 0.140. The lowest BCUT2D eigenvalue weighted by molar-refractivity contribution is -0.165. The fourth-order valence-electron chi connectivity index (χ4n) is 6.94. The van der Waals surface area contributed by atoms with Gasteiger partial charge in [0.1, 0.15) is 18.5 Å². The normalized spacial score (nSPS) is 16.4. The molecule has 2 saturated heterocycles. The highest BCUT2D eigenvalue weighted by molar-refractivity contribution is 5.87. The van der Waals surface area contributed by atoms with Crippen LogP contribution in [0.4, 0.5) is 0 Å². The summed E-state index contributed by atoms with van der Waals surface area (Å²) in [6, 6.07) is 15.6. The first-order valence-corrected chi connectivity index (χ1v) is 18.4. The van der Waals surface area contributed by atoms with Gasteiger partial charge in [0, 0.05) is 52.7 Å². The molecule has 2 aliphatic heterocycles. The molecule has 2 aromatic rings. The standard InChI is InChI=1S/C41H55N3O8/c1-4-13-33(27-37(46)42-21-9-10-22-42)40(48)44(29-31-17-19-35(20-18-31)51-26-25-45)36(30-50-3)39(32-15-7-6-8-16-32)52-41(49)34(14-5-2)28-38(47)43-23-11-12-24-43/h4-8,15-20,33-34,36,39,45H,1-2,9-14,21-30H2,3H3/t33-,34-,36+,39+/m1/s1. The van der Waals surface area contributed by atoms with Gasteiger partial charge in [0.2, 0.25) is 17.7 Å². The van der Waals surface area contributed by atoms with Crippen LogP contribution in [0.5, 0.6) is 5.75 Å². The maximum atomic E-state index is 14.9. The van der Waals surface area contributed by atoms with Gasteiger partial charge in [0.15, 0.2) is 0 Å². The van der Waals surface area contributed by atoms with Crippen LogP contribution < -0.4 is 4.74 Å². The molecule has 11 heteroatoms. The number of aliphatic hydroxyl groups excluding tert-OH is 1. The second-order valence-electron chi connectivity index (χ2n) is 13.5. The number of aliphatic hydroxyl groups is 1.